The van der Waals surface area contributed by atoms with E-state index in [9.17, 15) is 33.9 Å². The fraction of sp³-hybridized carbons (Fsp3) is 0.829. The van der Waals surface area contributed by atoms with E-state index in [1.165, 1.54) is 31.2 Å². The molecule has 0 aromatic heterocycles. The molecule has 1 heterocycles. The lowest BCUT2D eigenvalue weighted by molar-refractivity contribution is -0.157. The maximum Gasteiger partial charge on any atom is 0.325 e. The van der Waals surface area contributed by atoms with Gasteiger partial charge in [-0.25, -0.2) is 0 Å². The number of carbonyl (C=O) groups is 6. The summed E-state index contributed by atoms with van der Waals surface area (Å²) in [5.74, 6) is -5.23. The lowest BCUT2D eigenvalue weighted by Gasteiger charge is -2.34. The van der Waals surface area contributed by atoms with E-state index in [-0.39, 0.29) is 18.4 Å². The van der Waals surface area contributed by atoms with Crippen molar-refractivity contribution in [2.45, 2.75) is 142 Å². The summed E-state index contributed by atoms with van der Waals surface area (Å²) < 4.78 is 5.78. The molecule has 0 aromatic carbocycles. The number of aliphatic hydroxyl groups is 1. The predicted octanol–water partition coefficient (Wildman–Crippen LogP) is 1.52. The second-order valence-electron chi connectivity index (χ2n) is 13.8. The van der Waals surface area contributed by atoms with Gasteiger partial charge in [0.05, 0.1) is 12.5 Å². The fourth-order valence-electron chi connectivity index (χ4n) is 5.82. The normalized spacial score (nSPS) is 26.1. The quantitative estimate of drug-likeness (QED) is 0.108. The van der Waals surface area contributed by atoms with Crippen LogP contribution in [0.1, 0.15) is 112 Å². The summed E-state index contributed by atoms with van der Waals surface area (Å²) in [6.45, 7) is 9.62. The van der Waals surface area contributed by atoms with Crippen LogP contribution < -0.4 is 27.0 Å². The Bertz CT molecular complexity index is 1070. The number of nitrogens with one attached hydrogen (secondary N) is 4. The molecule has 0 spiro atoms. The summed E-state index contributed by atoms with van der Waals surface area (Å²) in [6, 6.07) is -4.74. The highest BCUT2D eigenvalue weighted by Crippen LogP contribution is 2.22. The molecule has 14 heteroatoms. The van der Waals surface area contributed by atoms with Gasteiger partial charge in [0.2, 0.25) is 29.5 Å². The number of cyclic esters (lactones) is 1. The summed E-state index contributed by atoms with van der Waals surface area (Å²) in [4.78, 5) is 81.6. The van der Waals surface area contributed by atoms with Gasteiger partial charge in [-0.15, -0.1) is 0 Å². The standard InChI is InChI=1S/C35H64N6O8/c1-8-10-11-12-13-14-15-16-17-28-24(6)35(48)41(7)27(18-22(3)4)33(46)40-30(23(5)9-2)34(47)38-25(19-36)32(45)39-26(21-42)31(44)37-20-29(43)49-28/h22-28,30,42H,8-21,36H2,1-7H3,(H,37,44)(H,38,47)(H,39,45)(H,40,46)/t23?,24-,25+,26+,27+,28-,30+/m1/s1. The van der Waals surface area contributed by atoms with Crippen LogP contribution in [0.25, 0.3) is 0 Å². The molecule has 49 heavy (non-hydrogen) atoms. The van der Waals surface area contributed by atoms with E-state index in [1.54, 1.807) is 13.8 Å². The lowest BCUT2D eigenvalue weighted by Crippen LogP contribution is -2.61. The van der Waals surface area contributed by atoms with Gasteiger partial charge in [-0.05, 0) is 31.1 Å². The first-order valence-electron chi connectivity index (χ1n) is 18.2. The van der Waals surface area contributed by atoms with Gasteiger partial charge in [0.15, 0.2) is 0 Å². The van der Waals surface area contributed by atoms with Crippen LogP contribution in [-0.4, -0.2) is 103 Å². The van der Waals surface area contributed by atoms with E-state index in [4.69, 9.17) is 10.5 Å². The molecule has 1 aliphatic heterocycles. The molecule has 0 saturated carbocycles. The van der Waals surface area contributed by atoms with E-state index >= 15 is 0 Å². The summed E-state index contributed by atoms with van der Waals surface area (Å²) in [5, 5.41) is 19.9. The number of amides is 5. The molecule has 1 rings (SSSR count). The third kappa shape index (κ3) is 15.0. The van der Waals surface area contributed by atoms with Gasteiger partial charge in [0.25, 0.3) is 0 Å². The predicted molar refractivity (Wildman–Crippen MR) is 187 cm³/mol. The van der Waals surface area contributed by atoms with Crippen molar-refractivity contribution in [1.29, 1.82) is 0 Å². The molecule has 0 radical (unpaired) electrons. The molecule has 1 unspecified atom stereocenters. The monoisotopic (exact) mass is 696 g/mol. The number of unbranched alkanes of at least 4 members (excludes halogenated alkanes) is 7. The van der Waals surface area contributed by atoms with Crippen molar-refractivity contribution in [3.05, 3.63) is 0 Å². The molecule has 1 fully saturated rings. The van der Waals surface area contributed by atoms with Crippen molar-refractivity contribution in [1.82, 2.24) is 26.2 Å². The van der Waals surface area contributed by atoms with Gasteiger partial charge < -0.3 is 41.7 Å². The van der Waals surface area contributed by atoms with Crippen molar-refractivity contribution >= 4 is 35.5 Å². The number of likely N-dealkylation sites (N-methyl/N-ethyl adjacent to an activating group) is 1. The molecule has 5 amide bonds. The molecular weight excluding hydrogens is 632 g/mol. The molecule has 1 saturated heterocycles. The molecule has 0 aromatic rings. The lowest BCUT2D eigenvalue weighted by atomic mass is 9.94. The number of carbonyl (C=O) groups excluding carboxylic acids is 6. The first kappa shape index (κ1) is 43.8. The van der Waals surface area contributed by atoms with Crippen molar-refractivity contribution < 1.29 is 38.6 Å². The number of aliphatic hydroxyl groups excluding tert-OH is 1. The number of nitrogens with two attached hydrogens (primary N) is 1. The van der Waals surface area contributed by atoms with Crippen LogP contribution in [-0.2, 0) is 33.5 Å². The van der Waals surface area contributed by atoms with Crippen LogP contribution >= 0.6 is 0 Å². The number of hydrogen-bond donors (Lipinski definition) is 6. The van der Waals surface area contributed by atoms with E-state index in [0.29, 0.717) is 25.7 Å². The number of ether oxygens (including phenoxy) is 1. The van der Waals surface area contributed by atoms with Crippen molar-refractivity contribution in [3.8, 4) is 0 Å². The third-order valence-electron chi connectivity index (χ3n) is 9.27. The number of nitrogens with zero attached hydrogens (tertiary/aromatic N) is 1. The van der Waals surface area contributed by atoms with Crippen LogP contribution in [0.3, 0.4) is 0 Å². The number of hydrogen-bond acceptors (Lipinski definition) is 9. The molecule has 0 bridgehead atoms. The third-order valence-corrected chi connectivity index (χ3v) is 9.27. The Balaban J connectivity index is 3.46. The van der Waals surface area contributed by atoms with Gasteiger partial charge in [-0.1, -0.05) is 92.9 Å². The number of rotatable bonds is 15. The zero-order valence-electron chi connectivity index (χ0n) is 30.8. The second-order valence-corrected chi connectivity index (χ2v) is 13.8. The largest absolute Gasteiger partial charge is 0.460 e. The average molecular weight is 697 g/mol. The maximum absolute atomic E-state index is 14.0. The van der Waals surface area contributed by atoms with E-state index in [1.807, 2.05) is 20.8 Å². The van der Waals surface area contributed by atoms with Crippen LogP contribution in [0.2, 0.25) is 0 Å². The van der Waals surface area contributed by atoms with Crippen LogP contribution in [0.4, 0.5) is 0 Å². The van der Waals surface area contributed by atoms with E-state index in [0.717, 1.165) is 25.7 Å². The van der Waals surface area contributed by atoms with Gasteiger partial charge in [-0.3, -0.25) is 28.8 Å². The smallest absolute Gasteiger partial charge is 0.325 e. The average Bonchev–Trinajstić information content (AvgIpc) is 3.08. The van der Waals surface area contributed by atoms with Crippen molar-refractivity contribution in [2.75, 3.05) is 26.7 Å². The molecule has 0 aliphatic carbocycles. The summed E-state index contributed by atoms with van der Waals surface area (Å²) in [7, 11) is 1.53. The Morgan fingerprint density at radius 1 is 0.837 bits per heavy atom. The molecular formula is C35H64N6O8. The highest BCUT2D eigenvalue weighted by Gasteiger charge is 2.38. The molecule has 1 aliphatic rings. The minimum atomic E-state index is -1.45. The Morgan fingerprint density at radius 2 is 1.43 bits per heavy atom. The van der Waals surface area contributed by atoms with Gasteiger partial charge >= 0.3 is 5.97 Å². The Labute approximate surface area is 292 Å². The van der Waals surface area contributed by atoms with Crippen LogP contribution in [0, 0.1) is 17.8 Å². The van der Waals surface area contributed by atoms with Crippen molar-refractivity contribution in [3.63, 3.8) is 0 Å². The van der Waals surface area contributed by atoms with E-state index in [2.05, 4.69) is 28.2 Å². The van der Waals surface area contributed by atoms with Gasteiger partial charge in [0.1, 0.15) is 36.8 Å². The first-order valence-corrected chi connectivity index (χ1v) is 18.2. The zero-order valence-corrected chi connectivity index (χ0v) is 30.8. The minimum absolute atomic E-state index is 0.0122. The summed E-state index contributed by atoms with van der Waals surface area (Å²) >= 11 is 0. The minimum Gasteiger partial charge on any atom is -0.460 e. The first-order chi connectivity index (χ1) is 23.2. The van der Waals surface area contributed by atoms with Gasteiger partial charge in [-0.2, -0.15) is 0 Å². The Morgan fingerprint density at radius 3 is 1.98 bits per heavy atom. The fourth-order valence-corrected chi connectivity index (χ4v) is 5.82. The molecule has 7 N–H and O–H groups in total. The Kier molecular flexibility index (Phi) is 20.7. The molecule has 282 valence electrons. The second kappa shape index (κ2) is 23.2. The SMILES string of the molecule is CCCCCCCCCC[C@H]1OC(=O)CNC(=O)[C@H](CO)NC(=O)[C@H](CN)NC(=O)[C@H](C(C)CC)NC(=O)[C@H](CC(C)C)N(C)C(=O)[C@@H]1C. The summed E-state index contributed by atoms with van der Waals surface area (Å²) in [6.07, 6.45) is 8.85. The zero-order chi connectivity index (χ0) is 37.1. The molecule has 14 nitrogen and oxygen atoms in total. The van der Waals surface area contributed by atoms with Gasteiger partial charge in [0, 0.05) is 13.6 Å². The van der Waals surface area contributed by atoms with Crippen LogP contribution in [0.15, 0.2) is 0 Å². The topological polar surface area (TPSA) is 209 Å². The summed E-state index contributed by atoms with van der Waals surface area (Å²) in [5.41, 5.74) is 5.80. The maximum atomic E-state index is 14.0. The number of esters is 1. The van der Waals surface area contributed by atoms with E-state index < -0.39 is 84.8 Å². The molecule has 7 atom stereocenters. The highest BCUT2D eigenvalue weighted by molar-refractivity contribution is 5.96. The van der Waals surface area contributed by atoms with Crippen LogP contribution in [0.5, 0.6) is 0 Å². The van der Waals surface area contributed by atoms with Crippen molar-refractivity contribution in [2.24, 2.45) is 23.5 Å². The Hall–Kier alpha value is -3.26. The highest BCUT2D eigenvalue weighted by atomic mass is 16.5.